The van der Waals surface area contributed by atoms with Crippen LogP contribution in [0.25, 0.3) is 11.3 Å². The quantitative estimate of drug-likeness (QED) is 0.283. The monoisotopic (exact) mass is 531 g/mol. The summed E-state index contributed by atoms with van der Waals surface area (Å²) in [6, 6.07) is 16.0. The Kier molecular flexibility index (Phi) is 7.26. The molecule has 6 nitrogen and oxygen atoms in total. The van der Waals surface area contributed by atoms with Crippen molar-refractivity contribution in [2.75, 3.05) is 26.0 Å². The third kappa shape index (κ3) is 5.32. The number of aliphatic imine (C=N–C) groups is 1. The van der Waals surface area contributed by atoms with Crippen LogP contribution in [0.3, 0.4) is 0 Å². The highest BCUT2D eigenvalue weighted by Gasteiger charge is 2.25. The molecule has 0 radical (unpaired) electrons. The zero-order valence-corrected chi connectivity index (χ0v) is 21.6. The summed E-state index contributed by atoms with van der Waals surface area (Å²) >= 11 is 6.29. The summed E-state index contributed by atoms with van der Waals surface area (Å²) < 4.78 is 29.5. The van der Waals surface area contributed by atoms with Crippen LogP contribution in [0.4, 0.5) is 20.4 Å². The Hall–Kier alpha value is -4.01. The topological polar surface area (TPSA) is 70.5 Å². The Balaban J connectivity index is 1.51. The van der Waals surface area contributed by atoms with Gasteiger partial charge in [0.05, 0.1) is 23.5 Å². The number of Topliss-reactive ketones (excluding diaryl/α,β-unsaturated/α-hetero) is 1. The number of rotatable bonds is 7. The fraction of sp³-hybridized carbons (Fsp3) is 0.172. The molecule has 0 atom stereocenters. The summed E-state index contributed by atoms with van der Waals surface area (Å²) in [4.78, 5) is 28.3. The van der Waals surface area contributed by atoms with Gasteiger partial charge in [-0.2, -0.15) is 0 Å². The van der Waals surface area contributed by atoms with E-state index < -0.39 is 11.6 Å². The fourth-order valence-electron chi connectivity index (χ4n) is 4.29. The van der Waals surface area contributed by atoms with Gasteiger partial charge in [-0.25, -0.2) is 18.7 Å². The van der Waals surface area contributed by atoms with Crippen LogP contribution in [0.5, 0.6) is 0 Å². The van der Waals surface area contributed by atoms with E-state index in [1.807, 2.05) is 25.1 Å². The minimum absolute atomic E-state index is 0.0426. The van der Waals surface area contributed by atoms with E-state index in [1.165, 1.54) is 18.2 Å². The highest BCUT2D eigenvalue weighted by Crippen LogP contribution is 2.34. The number of fused-ring (bicyclic) bond motifs is 3. The summed E-state index contributed by atoms with van der Waals surface area (Å²) in [6.07, 6.45) is 2.05. The highest BCUT2D eigenvalue weighted by molar-refractivity contribution is 6.31. The Bertz CT molecular complexity index is 1550. The van der Waals surface area contributed by atoms with Crippen LogP contribution in [0.2, 0.25) is 5.02 Å². The predicted octanol–water partition coefficient (Wildman–Crippen LogP) is 6.30. The molecular formula is C29H24ClF2N5O. The van der Waals surface area contributed by atoms with Gasteiger partial charge in [0.25, 0.3) is 0 Å². The molecular weight excluding hydrogens is 508 g/mol. The largest absolute Gasteiger partial charge is 0.324 e. The third-order valence-electron chi connectivity index (χ3n) is 6.19. The van der Waals surface area contributed by atoms with Crippen LogP contribution >= 0.6 is 11.6 Å². The molecule has 0 unspecified atom stereocenters. The standard InChI is InChI=1S/C29H24ClF2N5O/c1-37(2)12-11-25(38)17-5-3-6-20(13-17)35-29-34-16-18-15-33-28(26-23(31)7-4-8-24(26)32)22-14-19(30)9-10-21(22)27(18)36-29/h3-10,13-14,16H,11-12,15H2,1-2H3,(H,34,35,36). The number of carbonyl (C=O) groups excluding carboxylic acids is 1. The van der Waals surface area contributed by atoms with E-state index in [2.05, 4.69) is 15.3 Å². The SMILES string of the molecule is CN(C)CCC(=O)c1cccc(Nc2ncc3c(n2)-c2ccc(Cl)cc2C(c2c(F)cccc2F)=NC3)c1. The molecule has 3 aromatic carbocycles. The second-order valence-corrected chi connectivity index (χ2v) is 9.64. The van der Waals surface area contributed by atoms with Gasteiger partial charge in [-0.3, -0.25) is 9.79 Å². The lowest BCUT2D eigenvalue weighted by Gasteiger charge is -2.13. The first-order valence-corrected chi connectivity index (χ1v) is 12.4. The maximum atomic E-state index is 14.8. The number of nitrogens with zero attached hydrogens (tertiary/aromatic N) is 4. The first-order valence-electron chi connectivity index (χ1n) is 12.0. The van der Waals surface area contributed by atoms with E-state index in [1.54, 1.807) is 42.6 Å². The first kappa shape index (κ1) is 25.6. The molecule has 0 bridgehead atoms. The number of nitrogens with one attached hydrogen (secondary N) is 1. The molecule has 0 saturated heterocycles. The van der Waals surface area contributed by atoms with Gasteiger partial charge in [-0.05, 0) is 50.5 Å². The second-order valence-electron chi connectivity index (χ2n) is 9.20. The molecule has 5 rings (SSSR count). The number of benzene rings is 3. The Morgan fingerprint density at radius 2 is 1.79 bits per heavy atom. The van der Waals surface area contributed by atoms with E-state index in [9.17, 15) is 13.6 Å². The molecule has 38 heavy (non-hydrogen) atoms. The summed E-state index contributed by atoms with van der Waals surface area (Å²) in [5.74, 6) is -1.08. The molecule has 1 aliphatic heterocycles. The zero-order chi connectivity index (χ0) is 26.8. The Morgan fingerprint density at radius 3 is 2.55 bits per heavy atom. The lowest BCUT2D eigenvalue weighted by Crippen LogP contribution is -2.16. The molecule has 0 saturated carbocycles. The van der Waals surface area contributed by atoms with Crippen molar-refractivity contribution in [2.24, 2.45) is 4.99 Å². The van der Waals surface area contributed by atoms with Crippen molar-refractivity contribution < 1.29 is 13.6 Å². The molecule has 0 fully saturated rings. The molecule has 1 aromatic heterocycles. The average molecular weight is 532 g/mol. The normalized spacial score (nSPS) is 12.4. The zero-order valence-electron chi connectivity index (χ0n) is 20.8. The van der Waals surface area contributed by atoms with Crippen LogP contribution in [0.15, 0.2) is 71.9 Å². The lowest BCUT2D eigenvalue weighted by atomic mass is 9.95. The highest BCUT2D eigenvalue weighted by atomic mass is 35.5. The number of hydrogen-bond donors (Lipinski definition) is 1. The van der Waals surface area contributed by atoms with Gasteiger partial charge >= 0.3 is 0 Å². The van der Waals surface area contributed by atoms with Crippen molar-refractivity contribution in [3.63, 3.8) is 0 Å². The first-order chi connectivity index (χ1) is 18.3. The van der Waals surface area contributed by atoms with E-state index in [-0.39, 0.29) is 23.6 Å². The van der Waals surface area contributed by atoms with Crippen molar-refractivity contribution in [1.82, 2.24) is 14.9 Å². The summed E-state index contributed by atoms with van der Waals surface area (Å²) in [6.45, 7) is 0.787. The number of hydrogen-bond acceptors (Lipinski definition) is 6. The summed E-state index contributed by atoms with van der Waals surface area (Å²) in [5.41, 5.74) is 3.56. The van der Waals surface area contributed by atoms with Gasteiger partial charge < -0.3 is 10.2 Å². The van der Waals surface area contributed by atoms with Gasteiger partial charge in [-0.15, -0.1) is 0 Å². The molecule has 2 heterocycles. The number of ketones is 1. The van der Waals surface area contributed by atoms with Crippen molar-refractivity contribution in [1.29, 1.82) is 0 Å². The van der Waals surface area contributed by atoms with Crippen molar-refractivity contribution in [2.45, 2.75) is 13.0 Å². The van der Waals surface area contributed by atoms with Gasteiger partial charge in [0.2, 0.25) is 5.95 Å². The molecule has 0 spiro atoms. The number of carbonyl (C=O) groups is 1. The van der Waals surface area contributed by atoms with Gasteiger partial charge in [-0.1, -0.05) is 35.9 Å². The summed E-state index contributed by atoms with van der Waals surface area (Å²) in [7, 11) is 3.85. The van der Waals surface area contributed by atoms with Crippen LogP contribution in [-0.4, -0.2) is 47.0 Å². The van der Waals surface area contributed by atoms with Gasteiger partial charge in [0.1, 0.15) is 11.6 Å². The minimum atomic E-state index is -0.714. The van der Waals surface area contributed by atoms with E-state index in [0.29, 0.717) is 57.6 Å². The van der Waals surface area contributed by atoms with Crippen LogP contribution in [0, 0.1) is 11.6 Å². The minimum Gasteiger partial charge on any atom is -0.324 e. The number of anilines is 2. The Morgan fingerprint density at radius 1 is 1.03 bits per heavy atom. The van der Waals surface area contributed by atoms with E-state index >= 15 is 0 Å². The van der Waals surface area contributed by atoms with Gasteiger partial charge in [0, 0.05) is 52.1 Å². The predicted molar refractivity (Wildman–Crippen MR) is 145 cm³/mol. The smallest absolute Gasteiger partial charge is 0.227 e. The average Bonchev–Trinajstić information content (AvgIpc) is 3.04. The maximum absolute atomic E-state index is 14.8. The van der Waals surface area contributed by atoms with Crippen molar-refractivity contribution >= 4 is 34.7 Å². The molecule has 1 N–H and O–H groups in total. The maximum Gasteiger partial charge on any atom is 0.227 e. The van der Waals surface area contributed by atoms with Crippen molar-refractivity contribution in [3.05, 3.63) is 106 Å². The molecule has 0 amide bonds. The Labute approximate surface area is 224 Å². The van der Waals surface area contributed by atoms with Crippen LogP contribution in [-0.2, 0) is 6.54 Å². The van der Waals surface area contributed by atoms with E-state index in [0.717, 1.165) is 0 Å². The van der Waals surface area contributed by atoms with Crippen molar-refractivity contribution in [3.8, 4) is 11.3 Å². The van der Waals surface area contributed by atoms with Crippen LogP contribution in [0.1, 0.15) is 33.5 Å². The number of aromatic nitrogens is 2. The molecule has 192 valence electrons. The molecule has 9 heteroatoms. The third-order valence-corrected chi connectivity index (χ3v) is 6.43. The molecule has 4 aromatic rings. The number of halogens is 3. The molecule has 1 aliphatic rings. The lowest BCUT2D eigenvalue weighted by molar-refractivity contribution is 0.0972. The fourth-order valence-corrected chi connectivity index (χ4v) is 4.46. The molecule has 0 aliphatic carbocycles. The van der Waals surface area contributed by atoms with Gasteiger partial charge in [0.15, 0.2) is 5.78 Å². The van der Waals surface area contributed by atoms with Crippen LogP contribution < -0.4 is 5.32 Å². The second kappa shape index (κ2) is 10.8. The summed E-state index contributed by atoms with van der Waals surface area (Å²) in [5, 5.41) is 3.57. The van der Waals surface area contributed by atoms with E-state index in [4.69, 9.17) is 16.6 Å².